The molecule has 0 spiro atoms. The molecule has 0 fully saturated rings. The van der Waals surface area contributed by atoms with Gasteiger partial charge in [0.2, 0.25) is 5.91 Å². The van der Waals surface area contributed by atoms with Crippen LogP contribution in [0.15, 0.2) is 72.8 Å². The van der Waals surface area contributed by atoms with E-state index in [1.165, 1.54) is 6.07 Å². The molecular weight excluding hydrogens is 422 g/mol. The van der Waals surface area contributed by atoms with Crippen molar-refractivity contribution in [3.8, 4) is 11.3 Å². The van der Waals surface area contributed by atoms with E-state index in [1.807, 2.05) is 32.9 Å². The van der Waals surface area contributed by atoms with E-state index >= 15 is 0 Å². The summed E-state index contributed by atoms with van der Waals surface area (Å²) in [5.74, 6) is 0.0337. The van der Waals surface area contributed by atoms with Crippen molar-refractivity contribution in [2.45, 2.75) is 40.0 Å². The summed E-state index contributed by atoms with van der Waals surface area (Å²) in [6.45, 7) is 5.82. The Morgan fingerprint density at radius 3 is 2.52 bits per heavy atom. The van der Waals surface area contributed by atoms with Gasteiger partial charge < -0.3 is 5.32 Å². The lowest BCUT2D eigenvalue weighted by molar-refractivity contribution is -0.115. The van der Waals surface area contributed by atoms with Crippen molar-refractivity contribution in [3.05, 3.63) is 89.5 Å². The molecule has 0 aliphatic heterocycles. The second-order valence-corrected chi connectivity index (χ2v) is 7.76. The van der Waals surface area contributed by atoms with Gasteiger partial charge in [-0.05, 0) is 55.2 Å². The molecule has 33 heavy (non-hydrogen) atoms. The smallest absolute Gasteiger partial charge is 0.264 e. The Labute approximate surface area is 192 Å². The second-order valence-electron chi connectivity index (χ2n) is 7.76. The van der Waals surface area contributed by atoms with Crippen molar-refractivity contribution in [2.24, 2.45) is 0 Å². The molecule has 5 nitrogen and oxygen atoms in total. The van der Waals surface area contributed by atoms with Crippen LogP contribution in [0.25, 0.3) is 16.8 Å². The van der Waals surface area contributed by atoms with Crippen LogP contribution in [-0.4, -0.2) is 20.9 Å². The van der Waals surface area contributed by atoms with Gasteiger partial charge in [-0.15, -0.1) is 0 Å². The van der Waals surface area contributed by atoms with Gasteiger partial charge in [-0.3, -0.25) is 14.8 Å². The molecule has 0 aliphatic rings. The van der Waals surface area contributed by atoms with E-state index < -0.39 is 6.43 Å². The van der Waals surface area contributed by atoms with Crippen molar-refractivity contribution in [1.29, 1.82) is 0 Å². The molecule has 0 saturated heterocycles. The van der Waals surface area contributed by atoms with Gasteiger partial charge in [0.15, 0.2) is 0 Å². The normalized spacial score (nSPS) is 11.4. The third-order valence-corrected chi connectivity index (χ3v) is 4.78. The molecule has 3 aromatic rings. The Morgan fingerprint density at radius 1 is 1.09 bits per heavy atom. The fourth-order valence-electron chi connectivity index (χ4n) is 3.38. The molecule has 0 aliphatic carbocycles. The Balaban J connectivity index is 1.75. The van der Waals surface area contributed by atoms with Crippen LogP contribution in [0.5, 0.6) is 0 Å². The maximum absolute atomic E-state index is 13.8. The standard InChI is InChI=1S/C26H26F2N4O/c1-4-5-19(12-17(2)3)21-8-6-18(13-22(21)26(27)28)14-25(33)32-24-9-7-20(15-31-24)23-16-29-10-11-30-23/h5-13,15-16,26H,4,14H2,1-3H3,(H,31,32,33)/b19-5+. The Bertz CT molecular complexity index is 1150. The molecule has 3 rings (SSSR count). The number of nitrogens with zero attached hydrogens (tertiary/aromatic N) is 3. The zero-order chi connectivity index (χ0) is 23.8. The summed E-state index contributed by atoms with van der Waals surface area (Å²) in [4.78, 5) is 25.0. The van der Waals surface area contributed by atoms with E-state index in [2.05, 4.69) is 20.3 Å². The number of halogens is 2. The van der Waals surface area contributed by atoms with Gasteiger partial charge in [0, 0.05) is 29.7 Å². The lowest BCUT2D eigenvalue weighted by atomic mass is 9.94. The molecule has 0 unspecified atom stereocenters. The average Bonchev–Trinajstić information content (AvgIpc) is 2.79. The first-order chi connectivity index (χ1) is 15.9. The van der Waals surface area contributed by atoms with Crippen molar-refractivity contribution >= 4 is 17.3 Å². The van der Waals surface area contributed by atoms with Crippen molar-refractivity contribution in [3.63, 3.8) is 0 Å². The zero-order valence-electron chi connectivity index (χ0n) is 18.8. The first kappa shape index (κ1) is 23.9. The summed E-state index contributed by atoms with van der Waals surface area (Å²) in [5.41, 5.74) is 4.14. The van der Waals surface area contributed by atoms with E-state index in [-0.39, 0.29) is 17.9 Å². The number of carbonyl (C=O) groups excluding carboxylic acids is 1. The first-order valence-corrected chi connectivity index (χ1v) is 10.7. The Hall–Kier alpha value is -3.74. The number of aromatic nitrogens is 3. The van der Waals surface area contributed by atoms with Gasteiger partial charge in [-0.2, -0.15) is 0 Å². The predicted molar refractivity (Wildman–Crippen MR) is 127 cm³/mol. The topological polar surface area (TPSA) is 67.8 Å². The van der Waals surface area contributed by atoms with Gasteiger partial charge in [0.05, 0.1) is 18.3 Å². The fraction of sp³-hybridized carbons (Fsp3) is 0.231. The summed E-state index contributed by atoms with van der Waals surface area (Å²) in [7, 11) is 0. The molecule has 0 saturated carbocycles. The number of carbonyl (C=O) groups is 1. The number of nitrogens with one attached hydrogen (secondary N) is 1. The van der Waals surface area contributed by atoms with E-state index in [0.29, 0.717) is 22.6 Å². The predicted octanol–water partition coefficient (Wildman–Crippen LogP) is 6.42. The number of amides is 1. The zero-order valence-corrected chi connectivity index (χ0v) is 18.8. The monoisotopic (exact) mass is 448 g/mol. The van der Waals surface area contributed by atoms with Crippen LogP contribution in [0.4, 0.5) is 14.6 Å². The van der Waals surface area contributed by atoms with Crippen LogP contribution in [0.1, 0.15) is 50.3 Å². The number of hydrogen-bond donors (Lipinski definition) is 1. The highest BCUT2D eigenvalue weighted by Gasteiger charge is 2.17. The van der Waals surface area contributed by atoms with Gasteiger partial charge in [-0.25, -0.2) is 13.8 Å². The minimum absolute atomic E-state index is 0.0386. The summed E-state index contributed by atoms with van der Waals surface area (Å²) in [5, 5.41) is 2.71. The average molecular weight is 449 g/mol. The molecule has 1 N–H and O–H groups in total. The highest BCUT2D eigenvalue weighted by Crippen LogP contribution is 2.31. The highest BCUT2D eigenvalue weighted by atomic mass is 19.3. The van der Waals surface area contributed by atoms with Crippen LogP contribution in [-0.2, 0) is 11.2 Å². The molecule has 2 heterocycles. The summed E-state index contributed by atoms with van der Waals surface area (Å²) in [6.07, 6.45) is 8.25. The number of hydrogen-bond acceptors (Lipinski definition) is 4. The number of anilines is 1. The van der Waals surface area contributed by atoms with Gasteiger partial charge in [0.25, 0.3) is 6.43 Å². The molecule has 0 atom stereocenters. The van der Waals surface area contributed by atoms with Crippen LogP contribution in [0.3, 0.4) is 0 Å². The van der Waals surface area contributed by atoms with Crippen LogP contribution < -0.4 is 5.32 Å². The van der Waals surface area contributed by atoms with Crippen LogP contribution in [0, 0.1) is 0 Å². The molecular formula is C26H26F2N4O. The summed E-state index contributed by atoms with van der Waals surface area (Å²) < 4.78 is 27.7. The molecule has 7 heteroatoms. The van der Waals surface area contributed by atoms with E-state index in [0.717, 1.165) is 23.1 Å². The number of pyridine rings is 1. The highest BCUT2D eigenvalue weighted by molar-refractivity contribution is 5.91. The third-order valence-electron chi connectivity index (χ3n) is 4.78. The summed E-state index contributed by atoms with van der Waals surface area (Å²) in [6, 6.07) is 8.23. The maximum atomic E-state index is 13.8. The number of benzene rings is 1. The number of allylic oxidation sites excluding steroid dienone is 4. The fourth-order valence-corrected chi connectivity index (χ4v) is 3.38. The third kappa shape index (κ3) is 6.62. The molecule has 0 radical (unpaired) electrons. The Kier molecular flexibility index (Phi) is 8.13. The molecule has 170 valence electrons. The van der Waals surface area contributed by atoms with Crippen LogP contribution in [0.2, 0.25) is 0 Å². The van der Waals surface area contributed by atoms with Gasteiger partial charge in [-0.1, -0.05) is 36.8 Å². The molecule has 0 bridgehead atoms. The SMILES string of the molecule is CC/C=C(\C=C(C)C)c1ccc(CC(=O)Nc2ccc(-c3cnccn3)cn2)cc1C(F)F. The lowest BCUT2D eigenvalue weighted by Gasteiger charge is -2.13. The summed E-state index contributed by atoms with van der Waals surface area (Å²) >= 11 is 0. The van der Waals surface area contributed by atoms with Crippen molar-refractivity contribution in [2.75, 3.05) is 5.32 Å². The largest absolute Gasteiger partial charge is 0.310 e. The first-order valence-electron chi connectivity index (χ1n) is 10.7. The van der Waals surface area contributed by atoms with Crippen molar-refractivity contribution < 1.29 is 13.6 Å². The van der Waals surface area contributed by atoms with Gasteiger partial charge in [0.1, 0.15) is 5.82 Å². The minimum atomic E-state index is -2.65. The maximum Gasteiger partial charge on any atom is 0.264 e. The second kappa shape index (κ2) is 11.2. The van der Waals surface area contributed by atoms with E-state index in [4.69, 9.17) is 0 Å². The number of rotatable bonds is 8. The molecule has 2 aromatic heterocycles. The minimum Gasteiger partial charge on any atom is -0.310 e. The van der Waals surface area contributed by atoms with Gasteiger partial charge >= 0.3 is 0 Å². The van der Waals surface area contributed by atoms with E-state index in [1.54, 1.807) is 49.1 Å². The molecule has 1 aromatic carbocycles. The lowest BCUT2D eigenvalue weighted by Crippen LogP contribution is -2.15. The Morgan fingerprint density at radius 2 is 1.91 bits per heavy atom. The van der Waals surface area contributed by atoms with E-state index in [9.17, 15) is 13.6 Å². The van der Waals surface area contributed by atoms with Crippen LogP contribution >= 0.6 is 0 Å². The molecule has 1 amide bonds. The quantitative estimate of drug-likeness (QED) is 0.404. The van der Waals surface area contributed by atoms with Crippen molar-refractivity contribution in [1.82, 2.24) is 15.0 Å². The number of alkyl halides is 2.